The van der Waals surface area contributed by atoms with Crippen molar-refractivity contribution in [2.45, 2.75) is 79.6 Å². The number of hydrogen-bond donors (Lipinski definition) is 0. The van der Waals surface area contributed by atoms with Gasteiger partial charge in [-0.15, -0.1) is 0 Å². The van der Waals surface area contributed by atoms with Crippen LogP contribution >= 0.6 is 0 Å². The number of carbonyl (C=O) groups excluding carboxylic acids is 1. The normalized spacial score (nSPS) is 16.5. The topological polar surface area (TPSA) is 17.1 Å². The third-order valence-electron chi connectivity index (χ3n) is 4.05. The van der Waals surface area contributed by atoms with Crippen LogP contribution in [0.5, 0.6) is 0 Å². The third-order valence-corrected chi connectivity index (χ3v) is 4.05. The predicted octanol–water partition coefficient (Wildman–Crippen LogP) is 5.79. The van der Waals surface area contributed by atoms with Gasteiger partial charge in [0.05, 0.1) is 0 Å². The van der Waals surface area contributed by atoms with E-state index in [9.17, 15) is 4.79 Å². The summed E-state index contributed by atoms with van der Waals surface area (Å²) in [5, 5.41) is 0. The lowest BCUT2D eigenvalue weighted by atomic mass is 9.94. The molecule has 3 atom stereocenters. The summed E-state index contributed by atoms with van der Waals surface area (Å²) in [6.45, 7) is 10.9. The molecule has 0 aromatic rings. The van der Waals surface area contributed by atoms with E-state index >= 15 is 0 Å². The number of allylic oxidation sites excluding steroid dienone is 2. The van der Waals surface area contributed by atoms with Crippen LogP contribution in [0.15, 0.2) is 12.2 Å². The first-order valence-corrected chi connectivity index (χ1v) is 8.11. The van der Waals surface area contributed by atoms with Crippen molar-refractivity contribution in [3.05, 3.63) is 12.2 Å². The molecule has 0 aliphatic carbocycles. The van der Waals surface area contributed by atoms with Gasteiger partial charge in [-0.3, -0.25) is 0 Å². The zero-order valence-electron chi connectivity index (χ0n) is 13.7. The van der Waals surface area contributed by atoms with Crippen LogP contribution in [-0.4, -0.2) is 5.78 Å². The third kappa shape index (κ3) is 12.2. The second kappa shape index (κ2) is 11.3. The summed E-state index contributed by atoms with van der Waals surface area (Å²) >= 11 is 0. The van der Waals surface area contributed by atoms with E-state index in [2.05, 4.69) is 39.8 Å². The molecule has 0 N–H and O–H groups in total. The number of hydrogen-bond acceptors (Lipinski definition) is 1. The van der Waals surface area contributed by atoms with E-state index in [4.69, 9.17) is 0 Å². The van der Waals surface area contributed by atoms with Gasteiger partial charge in [0.1, 0.15) is 5.78 Å². The van der Waals surface area contributed by atoms with Crippen LogP contribution in [0.1, 0.15) is 79.6 Å². The van der Waals surface area contributed by atoms with Crippen molar-refractivity contribution in [3.8, 4) is 0 Å². The highest BCUT2D eigenvalue weighted by atomic mass is 16.1. The SMILES string of the molecule is CCC(C)CCCC(C)C/C=C/C(C)CCC(C)=O. The first-order valence-electron chi connectivity index (χ1n) is 8.11. The summed E-state index contributed by atoms with van der Waals surface area (Å²) in [4.78, 5) is 10.9. The number of Topliss-reactive ketones (excluding diaryl/α,β-unsaturated/α-hetero) is 1. The Kier molecular flexibility index (Phi) is 10.9. The van der Waals surface area contributed by atoms with Crippen LogP contribution in [0, 0.1) is 17.8 Å². The van der Waals surface area contributed by atoms with E-state index in [1.54, 1.807) is 6.92 Å². The molecule has 0 saturated carbocycles. The molecule has 0 saturated heterocycles. The molecule has 3 unspecified atom stereocenters. The summed E-state index contributed by atoms with van der Waals surface area (Å²) in [6.07, 6.45) is 12.9. The second-order valence-electron chi connectivity index (χ2n) is 6.43. The van der Waals surface area contributed by atoms with E-state index in [0.717, 1.165) is 24.7 Å². The molecule has 1 nitrogen and oxygen atoms in total. The summed E-state index contributed by atoms with van der Waals surface area (Å²) in [6, 6.07) is 0. The first kappa shape index (κ1) is 18.4. The van der Waals surface area contributed by atoms with Crippen molar-refractivity contribution in [2.24, 2.45) is 17.8 Å². The van der Waals surface area contributed by atoms with E-state index in [1.807, 2.05) is 0 Å². The monoisotopic (exact) mass is 266 g/mol. The quantitative estimate of drug-likeness (QED) is 0.432. The van der Waals surface area contributed by atoms with Gasteiger partial charge in [-0.25, -0.2) is 0 Å². The zero-order chi connectivity index (χ0) is 14.7. The van der Waals surface area contributed by atoms with E-state index in [1.165, 1.54) is 32.1 Å². The van der Waals surface area contributed by atoms with Gasteiger partial charge in [0.15, 0.2) is 0 Å². The van der Waals surface area contributed by atoms with Crippen molar-refractivity contribution in [3.63, 3.8) is 0 Å². The molecule has 0 aromatic heterocycles. The van der Waals surface area contributed by atoms with E-state index < -0.39 is 0 Å². The molecule has 0 heterocycles. The molecule has 0 amide bonds. The van der Waals surface area contributed by atoms with Crippen molar-refractivity contribution < 1.29 is 4.79 Å². The van der Waals surface area contributed by atoms with Crippen LogP contribution in [0.25, 0.3) is 0 Å². The molecule has 0 aliphatic heterocycles. The molecule has 0 rings (SSSR count). The summed E-state index contributed by atoms with van der Waals surface area (Å²) in [5.74, 6) is 2.52. The Bertz CT molecular complexity index is 254. The maximum atomic E-state index is 10.9. The Balaban J connectivity index is 3.65. The average Bonchev–Trinajstić information content (AvgIpc) is 2.36. The Hall–Kier alpha value is -0.590. The average molecular weight is 266 g/mol. The second-order valence-corrected chi connectivity index (χ2v) is 6.43. The highest BCUT2D eigenvalue weighted by Gasteiger charge is 2.04. The molecule has 0 radical (unpaired) electrons. The minimum atomic E-state index is 0.304. The van der Waals surface area contributed by atoms with Gasteiger partial charge in [-0.1, -0.05) is 65.5 Å². The fourth-order valence-electron chi connectivity index (χ4n) is 2.21. The molecular formula is C18H34O. The van der Waals surface area contributed by atoms with Gasteiger partial charge in [0, 0.05) is 6.42 Å². The van der Waals surface area contributed by atoms with Gasteiger partial charge in [0.2, 0.25) is 0 Å². The maximum Gasteiger partial charge on any atom is 0.129 e. The zero-order valence-corrected chi connectivity index (χ0v) is 13.7. The van der Waals surface area contributed by atoms with Gasteiger partial charge in [-0.2, -0.15) is 0 Å². The molecule has 0 aromatic carbocycles. The minimum Gasteiger partial charge on any atom is -0.300 e. The first-order chi connectivity index (χ1) is 8.95. The van der Waals surface area contributed by atoms with Crippen LogP contribution in [-0.2, 0) is 4.79 Å². The number of carbonyl (C=O) groups is 1. The fraction of sp³-hybridized carbons (Fsp3) is 0.833. The molecule has 0 aliphatic rings. The van der Waals surface area contributed by atoms with Crippen molar-refractivity contribution in [2.75, 3.05) is 0 Å². The molecular weight excluding hydrogens is 232 g/mol. The van der Waals surface area contributed by atoms with Crippen LogP contribution in [0.4, 0.5) is 0 Å². The van der Waals surface area contributed by atoms with E-state index in [-0.39, 0.29) is 0 Å². The van der Waals surface area contributed by atoms with E-state index in [0.29, 0.717) is 11.7 Å². The van der Waals surface area contributed by atoms with Crippen LogP contribution in [0.3, 0.4) is 0 Å². The highest BCUT2D eigenvalue weighted by Crippen LogP contribution is 2.18. The molecule has 112 valence electrons. The van der Waals surface area contributed by atoms with Crippen LogP contribution < -0.4 is 0 Å². The molecule has 0 bridgehead atoms. The molecule has 1 heteroatoms. The lowest BCUT2D eigenvalue weighted by Crippen LogP contribution is -1.98. The Morgan fingerprint density at radius 3 is 2.26 bits per heavy atom. The highest BCUT2D eigenvalue weighted by molar-refractivity contribution is 5.75. The number of rotatable bonds is 11. The lowest BCUT2D eigenvalue weighted by molar-refractivity contribution is -0.117. The minimum absolute atomic E-state index is 0.304. The smallest absolute Gasteiger partial charge is 0.129 e. The molecule has 0 fully saturated rings. The number of ketones is 1. The van der Waals surface area contributed by atoms with Crippen molar-refractivity contribution in [1.82, 2.24) is 0 Å². The molecule has 19 heavy (non-hydrogen) atoms. The maximum absolute atomic E-state index is 10.9. The fourth-order valence-corrected chi connectivity index (χ4v) is 2.21. The standard InChI is InChI=1S/C18H34O/c1-6-15(2)9-7-10-16(3)11-8-12-17(4)13-14-18(5)19/h8,12,15-17H,6-7,9-11,13-14H2,1-5H3/b12-8+. The Morgan fingerprint density at radius 1 is 1.05 bits per heavy atom. The summed E-state index contributed by atoms with van der Waals surface area (Å²) < 4.78 is 0. The van der Waals surface area contributed by atoms with Crippen LogP contribution in [0.2, 0.25) is 0 Å². The lowest BCUT2D eigenvalue weighted by Gasteiger charge is -2.12. The van der Waals surface area contributed by atoms with Gasteiger partial charge < -0.3 is 4.79 Å². The van der Waals surface area contributed by atoms with Crippen molar-refractivity contribution in [1.29, 1.82) is 0 Å². The van der Waals surface area contributed by atoms with Gasteiger partial charge in [-0.05, 0) is 37.5 Å². The summed E-state index contributed by atoms with van der Waals surface area (Å²) in [5.41, 5.74) is 0. The Morgan fingerprint density at radius 2 is 1.68 bits per heavy atom. The van der Waals surface area contributed by atoms with Gasteiger partial charge >= 0.3 is 0 Å². The summed E-state index contributed by atoms with van der Waals surface area (Å²) in [7, 11) is 0. The van der Waals surface area contributed by atoms with Gasteiger partial charge in [0.25, 0.3) is 0 Å². The Labute approximate surface area is 120 Å². The van der Waals surface area contributed by atoms with Crippen molar-refractivity contribution >= 4 is 5.78 Å². The predicted molar refractivity (Wildman–Crippen MR) is 85.3 cm³/mol. The molecule has 0 spiro atoms. The largest absolute Gasteiger partial charge is 0.300 e.